The summed E-state index contributed by atoms with van der Waals surface area (Å²) in [7, 11) is -2.48. The fourth-order valence-corrected chi connectivity index (χ4v) is 6.82. The molecule has 0 saturated carbocycles. The summed E-state index contributed by atoms with van der Waals surface area (Å²) in [4.78, 5) is 0. The molecule has 73 valence electrons. The molecule has 0 bridgehead atoms. The SMILES string of the molecule is C[Si](C)O[Si](C)(C)OC(C)(C)C. The van der Waals surface area contributed by atoms with Crippen LogP contribution in [0.3, 0.4) is 0 Å². The van der Waals surface area contributed by atoms with E-state index in [2.05, 4.69) is 47.0 Å². The third-order valence-corrected chi connectivity index (χ3v) is 5.71. The van der Waals surface area contributed by atoms with Crippen molar-refractivity contribution in [3.05, 3.63) is 0 Å². The monoisotopic (exact) mass is 205 g/mol. The van der Waals surface area contributed by atoms with Crippen molar-refractivity contribution in [1.82, 2.24) is 0 Å². The summed E-state index contributed by atoms with van der Waals surface area (Å²) in [6, 6.07) is 0. The van der Waals surface area contributed by atoms with Gasteiger partial charge in [-0.25, -0.2) is 0 Å². The number of hydrogen-bond donors (Lipinski definition) is 0. The topological polar surface area (TPSA) is 18.5 Å². The zero-order valence-corrected chi connectivity index (χ0v) is 11.3. The second-order valence-electron chi connectivity index (χ2n) is 4.62. The van der Waals surface area contributed by atoms with E-state index in [-0.39, 0.29) is 5.60 Å². The smallest absolute Gasteiger partial charge is 0.321 e. The van der Waals surface area contributed by atoms with E-state index in [9.17, 15) is 0 Å². The highest BCUT2D eigenvalue weighted by Gasteiger charge is 2.31. The van der Waals surface area contributed by atoms with Crippen molar-refractivity contribution in [3.63, 3.8) is 0 Å². The van der Waals surface area contributed by atoms with Gasteiger partial charge in [0, 0.05) is 0 Å². The molecular weight excluding hydrogens is 184 g/mol. The van der Waals surface area contributed by atoms with Crippen LogP contribution in [0.1, 0.15) is 20.8 Å². The fraction of sp³-hybridized carbons (Fsp3) is 1.00. The lowest BCUT2D eigenvalue weighted by atomic mass is 10.2. The zero-order valence-electron chi connectivity index (χ0n) is 9.32. The quantitative estimate of drug-likeness (QED) is 0.660. The van der Waals surface area contributed by atoms with Gasteiger partial charge >= 0.3 is 8.56 Å². The molecule has 0 amide bonds. The largest absolute Gasteiger partial charge is 0.436 e. The first-order chi connectivity index (χ1) is 5.12. The van der Waals surface area contributed by atoms with E-state index in [0.29, 0.717) is 0 Å². The van der Waals surface area contributed by atoms with Crippen molar-refractivity contribution >= 4 is 17.6 Å². The van der Waals surface area contributed by atoms with Gasteiger partial charge in [-0.05, 0) is 47.0 Å². The highest BCUT2D eigenvalue weighted by atomic mass is 28.4. The van der Waals surface area contributed by atoms with Crippen LogP contribution >= 0.6 is 0 Å². The molecule has 1 radical (unpaired) electrons. The predicted molar refractivity (Wildman–Crippen MR) is 56.9 cm³/mol. The van der Waals surface area contributed by atoms with Gasteiger partial charge in [0.2, 0.25) is 0 Å². The molecule has 0 aliphatic rings. The highest BCUT2D eigenvalue weighted by molar-refractivity contribution is 6.72. The summed E-state index contributed by atoms with van der Waals surface area (Å²) in [5, 5.41) is 0. The van der Waals surface area contributed by atoms with Gasteiger partial charge in [0.15, 0.2) is 9.04 Å². The third-order valence-electron chi connectivity index (χ3n) is 1.00. The Morgan fingerprint density at radius 2 is 1.50 bits per heavy atom. The molecule has 2 nitrogen and oxygen atoms in total. The summed E-state index contributed by atoms with van der Waals surface area (Å²) in [5.74, 6) is 0. The molecule has 4 heteroatoms. The molecule has 0 aromatic carbocycles. The van der Waals surface area contributed by atoms with Crippen LogP contribution in [0.5, 0.6) is 0 Å². The summed E-state index contributed by atoms with van der Waals surface area (Å²) >= 11 is 0. The Morgan fingerprint density at radius 3 is 1.75 bits per heavy atom. The first-order valence-corrected chi connectivity index (χ1v) is 9.54. The fourth-order valence-electron chi connectivity index (χ4n) is 1.25. The summed E-state index contributed by atoms with van der Waals surface area (Å²) in [6.45, 7) is 14.7. The van der Waals surface area contributed by atoms with Crippen LogP contribution < -0.4 is 0 Å². The molecule has 12 heavy (non-hydrogen) atoms. The van der Waals surface area contributed by atoms with E-state index in [1.165, 1.54) is 0 Å². The normalized spacial score (nSPS) is 14.0. The highest BCUT2D eigenvalue weighted by Crippen LogP contribution is 2.18. The first-order valence-electron chi connectivity index (χ1n) is 4.32. The van der Waals surface area contributed by atoms with E-state index in [4.69, 9.17) is 8.54 Å². The second kappa shape index (κ2) is 4.04. The lowest BCUT2D eigenvalue weighted by Crippen LogP contribution is -2.44. The molecule has 0 spiro atoms. The Kier molecular flexibility index (Phi) is 4.16. The minimum Gasteiger partial charge on any atom is -0.436 e. The van der Waals surface area contributed by atoms with Gasteiger partial charge in [0.05, 0.1) is 5.60 Å². The van der Waals surface area contributed by atoms with Crippen LogP contribution in [0.25, 0.3) is 0 Å². The van der Waals surface area contributed by atoms with E-state index in [1.54, 1.807) is 0 Å². The minimum atomic E-state index is -1.86. The van der Waals surface area contributed by atoms with Crippen LogP contribution in [-0.2, 0) is 8.54 Å². The molecule has 0 aliphatic carbocycles. The van der Waals surface area contributed by atoms with Gasteiger partial charge in [0.1, 0.15) is 0 Å². The van der Waals surface area contributed by atoms with E-state index >= 15 is 0 Å². The average Bonchev–Trinajstić information content (AvgIpc) is 1.48. The van der Waals surface area contributed by atoms with Gasteiger partial charge in [0.25, 0.3) is 0 Å². The Labute approximate surface area is 79.2 Å². The lowest BCUT2D eigenvalue weighted by Gasteiger charge is -2.32. The van der Waals surface area contributed by atoms with E-state index in [1.807, 2.05) is 0 Å². The molecule has 0 heterocycles. The maximum absolute atomic E-state index is 5.88. The summed E-state index contributed by atoms with van der Waals surface area (Å²) < 4.78 is 11.7. The van der Waals surface area contributed by atoms with Crippen LogP contribution in [0.4, 0.5) is 0 Å². The Balaban J connectivity index is 4.04. The van der Waals surface area contributed by atoms with Crippen LogP contribution in [0.15, 0.2) is 0 Å². The van der Waals surface area contributed by atoms with Gasteiger partial charge in [-0.15, -0.1) is 0 Å². The standard InChI is InChI=1S/C8H21O2Si2/c1-8(2,3)9-12(6,7)10-11(4)5/h1-7H3. The van der Waals surface area contributed by atoms with Crippen LogP contribution in [0, 0.1) is 0 Å². The van der Waals surface area contributed by atoms with Gasteiger partial charge in [-0.2, -0.15) is 0 Å². The summed E-state index contributed by atoms with van der Waals surface area (Å²) in [6.07, 6.45) is 0. The minimum absolute atomic E-state index is 0.0764. The molecule has 0 aliphatic heterocycles. The van der Waals surface area contributed by atoms with Gasteiger partial charge in [-0.3, -0.25) is 0 Å². The Morgan fingerprint density at radius 1 is 1.08 bits per heavy atom. The Hall–Kier alpha value is 0.354. The average molecular weight is 205 g/mol. The van der Waals surface area contributed by atoms with Gasteiger partial charge in [-0.1, -0.05) is 0 Å². The van der Waals surface area contributed by atoms with Crippen LogP contribution in [-0.4, -0.2) is 23.2 Å². The molecule has 0 atom stereocenters. The van der Waals surface area contributed by atoms with Crippen molar-refractivity contribution in [2.75, 3.05) is 0 Å². The lowest BCUT2D eigenvalue weighted by molar-refractivity contribution is 0.0939. The molecule has 0 rings (SSSR count). The molecule has 0 aromatic heterocycles. The van der Waals surface area contributed by atoms with Crippen molar-refractivity contribution in [2.45, 2.75) is 52.6 Å². The zero-order chi connectivity index (χ0) is 9.99. The third kappa shape index (κ3) is 7.03. The molecule has 0 N–H and O–H groups in total. The molecule has 0 saturated heterocycles. The summed E-state index contributed by atoms with van der Waals surface area (Å²) in [5.41, 5.74) is -0.0764. The molecular formula is C8H21O2Si2. The van der Waals surface area contributed by atoms with Crippen molar-refractivity contribution < 1.29 is 8.54 Å². The first kappa shape index (κ1) is 12.4. The second-order valence-corrected chi connectivity index (χ2v) is 10.3. The maximum Gasteiger partial charge on any atom is 0.321 e. The van der Waals surface area contributed by atoms with E-state index < -0.39 is 17.6 Å². The molecule has 0 aromatic rings. The Bertz CT molecular complexity index is 138. The van der Waals surface area contributed by atoms with Crippen LogP contribution in [0.2, 0.25) is 26.2 Å². The van der Waals surface area contributed by atoms with Gasteiger partial charge < -0.3 is 8.54 Å². The predicted octanol–water partition coefficient (Wildman–Crippen LogP) is 2.77. The van der Waals surface area contributed by atoms with E-state index in [0.717, 1.165) is 0 Å². The van der Waals surface area contributed by atoms with Crippen molar-refractivity contribution in [3.8, 4) is 0 Å². The number of rotatable bonds is 3. The molecule has 0 unspecified atom stereocenters. The van der Waals surface area contributed by atoms with Crippen molar-refractivity contribution in [1.29, 1.82) is 0 Å². The number of hydrogen-bond acceptors (Lipinski definition) is 2. The molecule has 0 fully saturated rings. The van der Waals surface area contributed by atoms with Crippen molar-refractivity contribution in [2.24, 2.45) is 0 Å². The maximum atomic E-state index is 5.88.